The van der Waals surface area contributed by atoms with Crippen molar-refractivity contribution in [2.45, 2.75) is 44.0 Å². The third-order valence-corrected chi connectivity index (χ3v) is 5.57. The number of aliphatic hydroxyl groups excluding tert-OH is 1. The highest BCUT2D eigenvalue weighted by Crippen LogP contribution is 2.33. The summed E-state index contributed by atoms with van der Waals surface area (Å²) in [5.41, 5.74) is 1.24. The minimum Gasteiger partial charge on any atom is -0.387 e. The molecule has 1 saturated carbocycles. The van der Waals surface area contributed by atoms with Crippen LogP contribution in [0.15, 0.2) is 11.4 Å². The summed E-state index contributed by atoms with van der Waals surface area (Å²) in [7, 11) is 0. The van der Waals surface area contributed by atoms with E-state index in [0.717, 1.165) is 15.9 Å². The van der Waals surface area contributed by atoms with E-state index in [2.05, 4.69) is 18.4 Å². The molecule has 84 valence electrons. The van der Waals surface area contributed by atoms with E-state index in [0.29, 0.717) is 0 Å². The molecule has 1 atom stereocenters. The van der Waals surface area contributed by atoms with Gasteiger partial charge >= 0.3 is 0 Å². The molecule has 1 heterocycles. The number of hydrogen-bond acceptors (Lipinski definition) is 3. The zero-order valence-electron chi connectivity index (χ0n) is 9.11. The lowest BCUT2D eigenvalue weighted by Gasteiger charge is -2.13. The zero-order valence-corrected chi connectivity index (χ0v) is 10.7. The van der Waals surface area contributed by atoms with E-state index < -0.39 is 0 Å². The number of hydrogen-bond donors (Lipinski definition) is 1. The van der Waals surface area contributed by atoms with Gasteiger partial charge in [-0.15, -0.1) is 11.3 Å². The van der Waals surface area contributed by atoms with Crippen LogP contribution in [0.25, 0.3) is 0 Å². The highest BCUT2D eigenvalue weighted by molar-refractivity contribution is 7.99. The Morgan fingerprint density at radius 2 is 2.27 bits per heavy atom. The Hall–Kier alpha value is 0.01000. The van der Waals surface area contributed by atoms with Crippen LogP contribution >= 0.6 is 23.1 Å². The second-order valence-electron chi connectivity index (χ2n) is 4.22. The number of thioether (sulfide) groups is 1. The Balaban J connectivity index is 1.81. The summed E-state index contributed by atoms with van der Waals surface area (Å²) < 4.78 is 0. The van der Waals surface area contributed by atoms with Crippen LogP contribution in [0.4, 0.5) is 0 Å². The fourth-order valence-electron chi connectivity index (χ4n) is 2.08. The normalized spacial score (nSPS) is 19.6. The molecule has 0 aliphatic heterocycles. The fourth-order valence-corrected chi connectivity index (χ4v) is 4.39. The minimum absolute atomic E-state index is 0.254. The molecule has 0 aromatic carbocycles. The highest BCUT2D eigenvalue weighted by Gasteiger charge is 2.18. The van der Waals surface area contributed by atoms with Crippen molar-refractivity contribution >= 4 is 23.1 Å². The Labute approximate surface area is 99.9 Å². The predicted molar refractivity (Wildman–Crippen MR) is 68.7 cm³/mol. The minimum atomic E-state index is -0.254. The van der Waals surface area contributed by atoms with Gasteiger partial charge in [-0.25, -0.2) is 0 Å². The average molecular weight is 242 g/mol. The van der Waals surface area contributed by atoms with Crippen LogP contribution in [-0.2, 0) is 0 Å². The van der Waals surface area contributed by atoms with Gasteiger partial charge in [0.15, 0.2) is 0 Å². The van der Waals surface area contributed by atoms with Gasteiger partial charge in [-0.2, -0.15) is 11.8 Å². The zero-order chi connectivity index (χ0) is 10.7. The SMILES string of the molecule is Cc1ccsc1C(O)CSC1CCCC1. The Kier molecular flexibility index (Phi) is 4.12. The van der Waals surface area contributed by atoms with Crippen molar-refractivity contribution in [2.75, 3.05) is 5.75 Å². The van der Waals surface area contributed by atoms with E-state index in [4.69, 9.17) is 0 Å². The van der Waals surface area contributed by atoms with Gasteiger partial charge < -0.3 is 5.11 Å². The van der Waals surface area contributed by atoms with Crippen molar-refractivity contribution in [2.24, 2.45) is 0 Å². The van der Waals surface area contributed by atoms with Crippen molar-refractivity contribution in [1.29, 1.82) is 0 Å². The highest BCUT2D eigenvalue weighted by atomic mass is 32.2. The van der Waals surface area contributed by atoms with Crippen LogP contribution in [-0.4, -0.2) is 16.1 Å². The molecule has 0 amide bonds. The summed E-state index contributed by atoms with van der Waals surface area (Å²) in [6.07, 6.45) is 5.20. The maximum Gasteiger partial charge on any atom is 0.0974 e. The quantitative estimate of drug-likeness (QED) is 0.867. The summed E-state index contributed by atoms with van der Waals surface area (Å²) >= 11 is 3.63. The van der Waals surface area contributed by atoms with Crippen LogP contribution < -0.4 is 0 Å². The summed E-state index contributed by atoms with van der Waals surface area (Å²) in [5.74, 6) is 0.867. The van der Waals surface area contributed by atoms with E-state index in [1.165, 1.54) is 31.2 Å². The predicted octanol–water partition coefficient (Wildman–Crippen LogP) is 3.77. The van der Waals surface area contributed by atoms with E-state index in [-0.39, 0.29) is 6.10 Å². The summed E-state index contributed by atoms with van der Waals surface area (Å²) in [6.45, 7) is 2.08. The average Bonchev–Trinajstić information content (AvgIpc) is 2.84. The van der Waals surface area contributed by atoms with E-state index in [1.54, 1.807) is 11.3 Å². The molecule has 0 bridgehead atoms. The van der Waals surface area contributed by atoms with Gasteiger partial charge in [-0.05, 0) is 36.8 Å². The van der Waals surface area contributed by atoms with Crippen molar-refractivity contribution in [3.05, 3.63) is 21.9 Å². The first-order valence-electron chi connectivity index (χ1n) is 5.61. The van der Waals surface area contributed by atoms with Crippen molar-refractivity contribution < 1.29 is 5.11 Å². The van der Waals surface area contributed by atoms with Gasteiger partial charge in [-0.1, -0.05) is 12.8 Å². The molecule has 0 spiro atoms. The Morgan fingerprint density at radius 3 is 2.87 bits per heavy atom. The molecule has 1 aromatic heterocycles. The Bertz CT molecular complexity index is 302. The number of thiophene rings is 1. The monoisotopic (exact) mass is 242 g/mol. The molecule has 1 unspecified atom stereocenters. The molecule has 1 aromatic rings. The van der Waals surface area contributed by atoms with Gasteiger partial charge in [-0.3, -0.25) is 0 Å². The lowest BCUT2D eigenvalue weighted by atomic mass is 10.2. The van der Waals surface area contributed by atoms with Gasteiger partial charge in [0.05, 0.1) is 6.10 Å². The third kappa shape index (κ3) is 2.99. The molecule has 3 heteroatoms. The first kappa shape index (κ1) is 11.5. The number of aryl methyl sites for hydroxylation is 1. The summed E-state index contributed by atoms with van der Waals surface area (Å²) in [5, 5.41) is 12.9. The van der Waals surface area contributed by atoms with Gasteiger partial charge in [0.1, 0.15) is 0 Å². The first-order chi connectivity index (χ1) is 7.27. The molecular formula is C12H18OS2. The van der Waals surface area contributed by atoms with Crippen LogP contribution in [0.3, 0.4) is 0 Å². The van der Waals surface area contributed by atoms with Crippen LogP contribution in [0, 0.1) is 6.92 Å². The molecule has 2 rings (SSSR count). The van der Waals surface area contributed by atoms with Crippen molar-refractivity contribution in [1.82, 2.24) is 0 Å². The molecular weight excluding hydrogens is 224 g/mol. The summed E-state index contributed by atoms with van der Waals surface area (Å²) in [6, 6.07) is 2.09. The topological polar surface area (TPSA) is 20.2 Å². The van der Waals surface area contributed by atoms with Crippen LogP contribution in [0.5, 0.6) is 0 Å². The number of aliphatic hydroxyl groups is 1. The second kappa shape index (κ2) is 5.37. The van der Waals surface area contributed by atoms with Crippen LogP contribution in [0.2, 0.25) is 0 Å². The maximum absolute atomic E-state index is 10.0. The molecule has 1 nitrogen and oxygen atoms in total. The van der Waals surface area contributed by atoms with Crippen molar-refractivity contribution in [3.8, 4) is 0 Å². The number of rotatable bonds is 4. The molecule has 1 fully saturated rings. The molecule has 1 N–H and O–H groups in total. The van der Waals surface area contributed by atoms with Gasteiger partial charge in [0.2, 0.25) is 0 Å². The lowest BCUT2D eigenvalue weighted by molar-refractivity contribution is 0.207. The largest absolute Gasteiger partial charge is 0.387 e. The van der Waals surface area contributed by atoms with Gasteiger partial charge in [0.25, 0.3) is 0 Å². The standard InChI is InChI=1S/C12H18OS2/c1-9-6-7-14-12(9)11(13)8-15-10-4-2-3-5-10/h6-7,10-11,13H,2-5,8H2,1H3. The molecule has 1 aliphatic rings. The Morgan fingerprint density at radius 1 is 1.53 bits per heavy atom. The first-order valence-corrected chi connectivity index (χ1v) is 7.54. The smallest absolute Gasteiger partial charge is 0.0974 e. The molecule has 15 heavy (non-hydrogen) atoms. The van der Waals surface area contributed by atoms with Gasteiger partial charge in [0, 0.05) is 15.9 Å². The van der Waals surface area contributed by atoms with Crippen LogP contribution in [0.1, 0.15) is 42.2 Å². The molecule has 1 aliphatic carbocycles. The molecule has 0 radical (unpaired) electrons. The van der Waals surface area contributed by atoms with Crippen molar-refractivity contribution in [3.63, 3.8) is 0 Å². The molecule has 0 saturated heterocycles. The third-order valence-electron chi connectivity index (χ3n) is 3.00. The van der Waals surface area contributed by atoms with E-state index in [9.17, 15) is 5.11 Å². The summed E-state index contributed by atoms with van der Waals surface area (Å²) in [4.78, 5) is 1.15. The lowest BCUT2D eigenvalue weighted by Crippen LogP contribution is -2.04. The van der Waals surface area contributed by atoms with E-state index in [1.807, 2.05) is 11.8 Å². The maximum atomic E-state index is 10.0. The second-order valence-corrected chi connectivity index (χ2v) is 6.50. The van der Waals surface area contributed by atoms with E-state index >= 15 is 0 Å². The fraction of sp³-hybridized carbons (Fsp3) is 0.667.